The van der Waals surface area contributed by atoms with Crippen molar-refractivity contribution in [3.05, 3.63) is 21.9 Å². The van der Waals surface area contributed by atoms with Crippen molar-refractivity contribution in [3.8, 4) is 11.8 Å². The summed E-state index contributed by atoms with van der Waals surface area (Å²) in [4.78, 5) is 12.9. The summed E-state index contributed by atoms with van der Waals surface area (Å²) in [6.07, 6.45) is 3.76. The van der Waals surface area contributed by atoms with Gasteiger partial charge in [-0.2, -0.15) is 0 Å². The van der Waals surface area contributed by atoms with Crippen LogP contribution in [-0.4, -0.2) is 19.0 Å². The molecule has 19 heavy (non-hydrogen) atoms. The monoisotopic (exact) mass is 276 g/mol. The molecule has 0 spiro atoms. The van der Waals surface area contributed by atoms with Crippen LogP contribution < -0.4 is 11.1 Å². The van der Waals surface area contributed by atoms with Crippen LogP contribution in [0.5, 0.6) is 0 Å². The maximum absolute atomic E-state index is 12.0. The highest BCUT2D eigenvalue weighted by atomic mass is 32.1. The second-order valence-corrected chi connectivity index (χ2v) is 6.11. The molecule has 1 aliphatic carbocycles. The minimum Gasteiger partial charge on any atom is -0.352 e. The van der Waals surface area contributed by atoms with Gasteiger partial charge in [0.15, 0.2) is 0 Å². The normalized spacial score (nSPS) is 21.8. The van der Waals surface area contributed by atoms with E-state index in [1.165, 1.54) is 30.6 Å². The van der Waals surface area contributed by atoms with Crippen molar-refractivity contribution in [1.82, 2.24) is 5.32 Å². The van der Waals surface area contributed by atoms with Gasteiger partial charge >= 0.3 is 0 Å². The molecule has 1 heterocycles. The van der Waals surface area contributed by atoms with E-state index in [1.807, 2.05) is 11.4 Å². The van der Waals surface area contributed by atoms with Crippen molar-refractivity contribution in [1.29, 1.82) is 0 Å². The number of nitrogens with two attached hydrogens (primary N) is 1. The summed E-state index contributed by atoms with van der Waals surface area (Å²) in [7, 11) is 0. The van der Waals surface area contributed by atoms with Gasteiger partial charge in [0.05, 0.1) is 17.0 Å². The molecule has 3 nitrogen and oxygen atoms in total. The molecule has 1 aliphatic rings. The van der Waals surface area contributed by atoms with Crippen LogP contribution in [0.4, 0.5) is 0 Å². The molecular formula is C15H20N2OS. The summed E-state index contributed by atoms with van der Waals surface area (Å²) < 4.78 is 0. The number of carbonyl (C=O) groups excluding carboxylic acids is 1. The first kappa shape index (κ1) is 14.1. The number of rotatable bonds is 3. The number of amides is 1. The second kappa shape index (κ2) is 6.74. The molecule has 2 rings (SSSR count). The number of thiophene rings is 1. The van der Waals surface area contributed by atoms with Crippen molar-refractivity contribution in [2.75, 3.05) is 13.1 Å². The summed E-state index contributed by atoms with van der Waals surface area (Å²) in [6, 6.07) is 1.83. The number of carbonyl (C=O) groups is 1. The van der Waals surface area contributed by atoms with E-state index in [9.17, 15) is 4.79 Å². The van der Waals surface area contributed by atoms with Gasteiger partial charge in [0, 0.05) is 11.9 Å². The molecule has 1 fully saturated rings. The third kappa shape index (κ3) is 4.09. The van der Waals surface area contributed by atoms with E-state index in [1.54, 1.807) is 0 Å². The molecule has 1 saturated carbocycles. The summed E-state index contributed by atoms with van der Waals surface area (Å²) in [6.45, 7) is 3.42. The Balaban J connectivity index is 1.84. The Morgan fingerprint density at radius 2 is 2.42 bits per heavy atom. The lowest BCUT2D eigenvalue weighted by molar-refractivity contribution is 0.0947. The van der Waals surface area contributed by atoms with Gasteiger partial charge in [0.2, 0.25) is 0 Å². The van der Waals surface area contributed by atoms with Crippen LogP contribution in [0.25, 0.3) is 0 Å². The quantitative estimate of drug-likeness (QED) is 0.832. The highest BCUT2D eigenvalue weighted by Gasteiger charge is 2.21. The zero-order valence-corrected chi connectivity index (χ0v) is 12.1. The first-order valence-electron chi connectivity index (χ1n) is 6.74. The molecule has 0 aliphatic heterocycles. The predicted octanol–water partition coefficient (Wildman–Crippen LogP) is 2.22. The van der Waals surface area contributed by atoms with Gasteiger partial charge in [0.1, 0.15) is 0 Å². The molecule has 1 aromatic rings. The number of hydrogen-bond acceptors (Lipinski definition) is 3. The van der Waals surface area contributed by atoms with Crippen molar-refractivity contribution in [3.63, 3.8) is 0 Å². The molecule has 3 N–H and O–H groups in total. The molecule has 2 unspecified atom stereocenters. The fourth-order valence-electron chi connectivity index (χ4n) is 2.51. The summed E-state index contributed by atoms with van der Waals surface area (Å²) in [5, 5.41) is 4.88. The molecule has 2 atom stereocenters. The summed E-state index contributed by atoms with van der Waals surface area (Å²) in [5.74, 6) is 7.21. The van der Waals surface area contributed by atoms with Gasteiger partial charge in [-0.3, -0.25) is 4.79 Å². The van der Waals surface area contributed by atoms with Crippen molar-refractivity contribution in [2.45, 2.75) is 26.2 Å². The van der Waals surface area contributed by atoms with E-state index in [-0.39, 0.29) is 5.91 Å². The Labute approximate surface area is 118 Å². The van der Waals surface area contributed by atoms with Crippen LogP contribution in [0.1, 0.15) is 41.4 Å². The summed E-state index contributed by atoms with van der Waals surface area (Å²) in [5.41, 5.74) is 6.03. The van der Waals surface area contributed by atoms with E-state index in [2.05, 4.69) is 24.1 Å². The first-order chi connectivity index (χ1) is 9.19. The molecule has 1 aromatic heterocycles. The largest absolute Gasteiger partial charge is 0.352 e. The Bertz CT molecular complexity index is 498. The SMILES string of the molecule is CC1CCC(CNC(=O)c2csc(C#CCN)c2)C1. The lowest BCUT2D eigenvalue weighted by atomic mass is 10.1. The average molecular weight is 276 g/mol. The molecule has 0 saturated heterocycles. The van der Waals surface area contributed by atoms with E-state index in [0.29, 0.717) is 18.0 Å². The lowest BCUT2D eigenvalue weighted by Crippen LogP contribution is -2.28. The first-order valence-corrected chi connectivity index (χ1v) is 7.62. The van der Waals surface area contributed by atoms with Gasteiger partial charge in [-0.1, -0.05) is 25.2 Å². The van der Waals surface area contributed by atoms with E-state index in [4.69, 9.17) is 5.73 Å². The fourth-order valence-corrected chi connectivity index (χ4v) is 3.26. The Morgan fingerprint density at radius 1 is 1.58 bits per heavy atom. The van der Waals surface area contributed by atoms with Crippen LogP contribution in [0.3, 0.4) is 0 Å². The van der Waals surface area contributed by atoms with Crippen LogP contribution >= 0.6 is 11.3 Å². The van der Waals surface area contributed by atoms with Crippen molar-refractivity contribution >= 4 is 17.2 Å². The Hall–Kier alpha value is -1.31. The topological polar surface area (TPSA) is 55.1 Å². The maximum Gasteiger partial charge on any atom is 0.252 e. The molecule has 4 heteroatoms. The van der Waals surface area contributed by atoms with Crippen LogP contribution in [0.15, 0.2) is 11.4 Å². The predicted molar refractivity (Wildman–Crippen MR) is 79.1 cm³/mol. The molecular weight excluding hydrogens is 256 g/mol. The molecule has 0 radical (unpaired) electrons. The van der Waals surface area contributed by atoms with E-state index in [0.717, 1.165) is 17.3 Å². The molecule has 0 bridgehead atoms. The van der Waals surface area contributed by atoms with E-state index < -0.39 is 0 Å². The number of hydrogen-bond donors (Lipinski definition) is 2. The van der Waals surface area contributed by atoms with Gasteiger partial charge in [-0.25, -0.2) is 0 Å². The highest BCUT2D eigenvalue weighted by molar-refractivity contribution is 7.10. The van der Waals surface area contributed by atoms with Crippen molar-refractivity contribution < 1.29 is 4.79 Å². The maximum atomic E-state index is 12.0. The van der Waals surface area contributed by atoms with Crippen molar-refractivity contribution in [2.24, 2.45) is 17.6 Å². The van der Waals surface area contributed by atoms with Crippen LogP contribution in [0.2, 0.25) is 0 Å². The molecule has 0 aromatic carbocycles. The summed E-state index contributed by atoms with van der Waals surface area (Å²) >= 11 is 1.49. The number of nitrogens with one attached hydrogen (secondary N) is 1. The second-order valence-electron chi connectivity index (χ2n) is 5.20. The highest BCUT2D eigenvalue weighted by Crippen LogP contribution is 2.29. The third-order valence-corrected chi connectivity index (χ3v) is 4.38. The van der Waals surface area contributed by atoms with Gasteiger partial charge in [-0.05, 0) is 30.7 Å². The van der Waals surface area contributed by atoms with Crippen LogP contribution in [-0.2, 0) is 0 Å². The molecule has 102 valence electrons. The van der Waals surface area contributed by atoms with E-state index >= 15 is 0 Å². The minimum absolute atomic E-state index is 0.0107. The Morgan fingerprint density at radius 3 is 3.11 bits per heavy atom. The molecule has 1 amide bonds. The minimum atomic E-state index is 0.0107. The van der Waals surface area contributed by atoms with Gasteiger partial charge in [-0.15, -0.1) is 11.3 Å². The van der Waals surface area contributed by atoms with Gasteiger partial charge in [0.25, 0.3) is 5.91 Å². The van der Waals surface area contributed by atoms with Crippen LogP contribution in [0, 0.1) is 23.7 Å². The zero-order valence-electron chi connectivity index (χ0n) is 11.2. The third-order valence-electron chi connectivity index (χ3n) is 3.53. The fraction of sp³-hybridized carbons (Fsp3) is 0.533. The lowest BCUT2D eigenvalue weighted by Gasteiger charge is -2.10. The smallest absolute Gasteiger partial charge is 0.252 e. The van der Waals surface area contributed by atoms with Gasteiger partial charge < -0.3 is 11.1 Å². The zero-order chi connectivity index (χ0) is 13.7. The standard InChI is InChI=1S/C15H20N2OS/c1-11-4-5-12(7-11)9-17-15(18)13-8-14(19-10-13)3-2-6-16/h8,10-12H,4-7,9,16H2,1H3,(H,17,18). The average Bonchev–Trinajstić information content (AvgIpc) is 3.02. The Kier molecular flexibility index (Phi) is 5.00.